The molecule has 1 amide bonds. The number of halogens is 1. The average molecular weight is 342 g/mol. The fourth-order valence-corrected chi connectivity index (χ4v) is 3.89. The maximum absolute atomic E-state index is 12.8. The van der Waals surface area contributed by atoms with Gasteiger partial charge >= 0.3 is 10.2 Å². The van der Waals surface area contributed by atoms with Crippen LogP contribution < -0.4 is 9.80 Å². The van der Waals surface area contributed by atoms with Crippen molar-refractivity contribution in [2.24, 2.45) is 5.92 Å². The van der Waals surface area contributed by atoms with E-state index in [0.29, 0.717) is 13.2 Å². The Bertz CT molecular complexity index is 688. The Morgan fingerprint density at radius 3 is 2.61 bits per heavy atom. The van der Waals surface area contributed by atoms with Gasteiger partial charge in [-0.25, -0.2) is 0 Å². The largest absolute Gasteiger partial charge is 0.378 e. The molecule has 2 aliphatic heterocycles. The number of ether oxygens (including phenoxy) is 1. The number of rotatable bonds is 4. The molecule has 2 fully saturated rings. The maximum Gasteiger partial charge on any atom is 0.302 e. The number of carbonyl (C=O) groups excluding carboxylic acids is 1. The monoisotopic (exact) mass is 342 g/mol. The molecule has 0 aromatic heterocycles. The summed E-state index contributed by atoms with van der Waals surface area (Å²) >= 11 is 0. The zero-order valence-corrected chi connectivity index (χ0v) is 13.5. The van der Waals surface area contributed by atoms with E-state index in [2.05, 4.69) is 4.90 Å². The van der Waals surface area contributed by atoms with Gasteiger partial charge in [-0.05, 0) is 18.2 Å². The summed E-state index contributed by atoms with van der Waals surface area (Å²) in [6, 6.07) is 7.56. The van der Waals surface area contributed by atoms with E-state index in [1.54, 1.807) is 4.90 Å². The highest BCUT2D eigenvalue weighted by Crippen LogP contribution is 2.29. The lowest BCUT2D eigenvalue weighted by Gasteiger charge is -2.29. The van der Waals surface area contributed by atoms with Crippen molar-refractivity contribution in [1.29, 1.82) is 0 Å². The molecule has 0 radical (unpaired) electrons. The first-order valence-electron chi connectivity index (χ1n) is 7.58. The average Bonchev–Trinajstić information content (AvgIpc) is 2.87. The highest BCUT2D eigenvalue weighted by Gasteiger charge is 2.33. The number of carbonyl (C=O) groups is 1. The van der Waals surface area contributed by atoms with Crippen LogP contribution in [0.15, 0.2) is 24.3 Å². The number of hydrogen-bond donors (Lipinski definition) is 0. The molecule has 8 heteroatoms. The fraction of sp³-hybridized carbons (Fsp3) is 0.533. The highest BCUT2D eigenvalue weighted by atomic mass is 32.3. The predicted molar refractivity (Wildman–Crippen MR) is 84.8 cm³/mol. The Morgan fingerprint density at radius 2 is 1.91 bits per heavy atom. The van der Waals surface area contributed by atoms with Crippen molar-refractivity contribution in [1.82, 2.24) is 0 Å². The minimum absolute atomic E-state index is 0.0604. The van der Waals surface area contributed by atoms with Crippen LogP contribution in [0.1, 0.15) is 6.42 Å². The fourth-order valence-electron chi connectivity index (χ4n) is 3.10. The van der Waals surface area contributed by atoms with Gasteiger partial charge in [-0.3, -0.25) is 4.79 Å². The van der Waals surface area contributed by atoms with Crippen LogP contribution in [0.2, 0.25) is 0 Å². The van der Waals surface area contributed by atoms with Crippen molar-refractivity contribution in [2.75, 3.05) is 48.4 Å². The van der Waals surface area contributed by atoms with Crippen LogP contribution in [-0.2, 0) is 19.8 Å². The normalized spacial score (nSPS) is 22.7. The zero-order chi connectivity index (χ0) is 16.4. The number of nitrogens with zero attached hydrogens (tertiary/aromatic N) is 2. The Morgan fingerprint density at radius 1 is 1.22 bits per heavy atom. The number of amides is 1. The van der Waals surface area contributed by atoms with Crippen molar-refractivity contribution >= 4 is 27.5 Å². The first-order valence-corrected chi connectivity index (χ1v) is 9.13. The van der Waals surface area contributed by atoms with E-state index in [9.17, 15) is 17.1 Å². The second-order valence-electron chi connectivity index (χ2n) is 5.90. The second kappa shape index (κ2) is 6.45. The summed E-state index contributed by atoms with van der Waals surface area (Å²) < 4.78 is 39.7. The van der Waals surface area contributed by atoms with E-state index in [1.165, 1.54) is 0 Å². The lowest BCUT2D eigenvalue weighted by atomic mass is 10.1. The molecule has 1 aromatic rings. The van der Waals surface area contributed by atoms with Gasteiger partial charge in [0.05, 0.1) is 19.0 Å². The van der Waals surface area contributed by atoms with Crippen LogP contribution in [0.25, 0.3) is 0 Å². The number of hydrogen-bond acceptors (Lipinski definition) is 5. The smallest absolute Gasteiger partial charge is 0.302 e. The molecule has 0 N–H and O–H groups in total. The van der Waals surface area contributed by atoms with Crippen LogP contribution in [0.4, 0.5) is 15.3 Å². The number of anilines is 2. The van der Waals surface area contributed by atoms with Crippen molar-refractivity contribution in [3.05, 3.63) is 24.3 Å². The molecule has 0 spiro atoms. The highest BCUT2D eigenvalue weighted by molar-refractivity contribution is 7.86. The quantitative estimate of drug-likeness (QED) is 0.769. The molecule has 2 saturated heterocycles. The number of benzene rings is 1. The summed E-state index contributed by atoms with van der Waals surface area (Å²) in [6.45, 7) is 3.15. The lowest BCUT2D eigenvalue weighted by Crippen LogP contribution is -2.36. The van der Waals surface area contributed by atoms with E-state index >= 15 is 0 Å². The summed E-state index contributed by atoms with van der Waals surface area (Å²) in [5, 5.41) is 0. The molecule has 1 atom stereocenters. The summed E-state index contributed by atoms with van der Waals surface area (Å²) in [6.07, 6.45) is 0.0604. The van der Waals surface area contributed by atoms with E-state index in [4.69, 9.17) is 4.74 Å². The molecule has 2 aliphatic rings. The molecule has 0 aliphatic carbocycles. The molecular formula is C15H19FN2O4S. The first-order chi connectivity index (χ1) is 10.9. The third kappa shape index (κ3) is 4.00. The molecular weight excluding hydrogens is 323 g/mol. The third-order valence-corrected chi connectivity index (χ3v) is 5.03. The minimum Gasteiger partial charge on any atom is -0.378 e. The van der Waals surface area contributed by atoms with Gasteiger partial charge in [0.15, 0.2) is 0 Å². The van der Waals surface area contributed by atoms with Crippen molar-refractivity contribution < 1.29 is 21.8 Å². The SMILES string of the molecule is O=C1CC(CS(=O)(=O)F)CN1c1cccc(N2CCOCC2)c1. The van der Waals surface area contributed by atoms with E-state index in [0.717, 1.165) is 24.5 Å². The molecule has 1 aromatic carbocycles. The molecule has 1 unspecified atom stereocenters. The molecule has 0 bridgehead atoms. The number of morpholine rings is 1. The Hall–Kier alpha value is -1.67. The van der Waals surface area contributed by atoms with Crippen LogP contribution in [0.3, 0.4) is 0 Å². The van der Waals surface area contributed by atoms with E-state index in [-0.39, 0.29) is 18.9 Å². The van der Waals surface area contributed by atoms with E-state index in [1.807, 2.05) is 24.3 Å². The third-order valence-electron chi connectivity index (χ3n) is 4.16. The topological polar surface area (TPSA) is 66.9 Å². The maximum atomic E-state index is 12.8. The van der Waals surface area contributed by atoms with Gasteiger partial charge in [0, 0.05) is 43.3 Å². The van der Waals surface area contributed by atoms with Gasteiger partial charge in [-0.1, -0.05) is 6.07 Å². The van der Waals surface area contributed by atoms with Crippen molar-refractivity contribution in [2.45, 2.75) is 6.42 Å². The van der Waals surface area contributed by atoms with Gasteiger partial charge in [-0.15, -0.1) is 3.89 Å². The summed E-state index contributed by atoms with van der Waals surface area (Å²) in [7, 11) is -4.56. The van der Waals surface area contributed by atoms with Crippen LogP contribution in [-0.4, -0.2) is 52.9 Å². The zero-order valence-electron chi connectivity index (χ0n) is 12.7. The van der Waals surface area contributed by atoms with Crippen LogP contribution in [0, 0.1) is 5.92 Å². The molecule has 23 heavy (non-hydrogen) atoms. The van der Waals surface area contributed by atoms with Gasteiger partial charge in [-0.2, -0.15) is 8.42 Å². The lowest BCUT2D eigenvalue weighted by molar-refractivity contribution is -0.117. The second-order valence-corrected chi connectivity index (χ2v) is 7.31. The Labute approximate surface area is 135 Å². The van der Waals surface area contributed by atoms with Crippen LogP contribution >= 0.6 is 0 Å². The molecule has 2 heterocycles. The molecule has 3 rings (SSSR count). The van der Waals surface area contributed by atoms with Crippen molar-refractivity contribution in [3.8, 4) is 0 Å². The molecule has 0 saturated carbocycles. The van der Waals surface area contributed by atoms with Gasteiger partial charge < -0.3 is 14.5 Å². The van der Waals surface area contributed by atoms with E-state index < -0.39 is 21.9 Å². The Kier molecular flexibility index (Phi) is 4.54. The summed E-state index contributed by atoms with van der Waals surface area (Å²) in [4.78, 5) is 15.9. The molecule has 6 nitrogen and oxygen atoms in total. The Balaban J connectivity index is 1.75. The van der Waals surface area contributed by atoms with Gasteiger partial charge in [0.25, 0.3) is 0 Å². The first kappa shape index (κ1) is 16.2. The van der Waals surface area contributed by atoms with Gasteiger partial charge in [0.2, 0.25) is 5.91 Å². The van der Waals surface area contributed by atoms with Crippen LogP contribution in [0.5, 0.6) is 0 Å². The molecule has 126 valence electrons. The predicted octanol–water partition coefficient (Wildman–Crippen LogP) is 1.18. The standard InChI is InChI=1S/C15H19FN2O4S/c16-23(20,21)11-12-8-15(19)18(10-12)14-3-1-2-13(9-14)17-4-6-22-7-5-17/h1-3,9,12H,4-8,10-11H2. The van der Waals surface area contributed by atoms with Crippen molar-refractivity contribution in [3.63, 3.8) is 0 Å². The summed E-state index contributed by atoms with van der Waals surface area (Å²) in [5.74, 6) is -1.26. The summed E-state index contributed by atoms with van der Waals surface area (Å²) in [5.41, 5.74) is 1.72. The minimum atomic E-state index is -4.56. The van der Waals surface area contributed by atoms with Gasteiger partial charge in [0.1, 0.15) is 0 Å².